The zero-order chi connectivity index (χ0) is 17.4. The lowest BCUT2D eigenvalue weighted by atomic mass is 9.88. The summed E-state index contributed by atoms with van der Waals surface area (Å²) in [5, 5.41) is 3.14. The lowest BCUT2D eigenvalue weighted by molar-refractivity contribution is -0.130. The highest BCUT2D eigenvalue weighted by Crippen LogP contribution is 2.23. The van der Waals surface area contributed by atoms with Crippen molar-refractivity contribution in [3.8, 4) is 0 Å². The number of rotatable bonds is 7. The van der Waals surface area contributed by atoms with Gasteiger partial charge in [0.25, 0.3) is 0 Å². The number of methoxy groups -OCH3 is 1. The van der Waals surface area contributed by atoms with Crippen molar-refractivity contribution in [2.45, 2.75) is 52.0 Å². The lowest BCUT2D eigenvalue weighted by Gasteiger charge is -2.31. The molecule has 1 saturated heterocycles. The molecule has 1 unspecified atom stereocenters. The Balaban J connectivity index is 1.98. The number of carbonyl (C=O) groups excluding carboxylic acids is 1. The molecule has 6 heteroatoms. The monoisotopic (exact) mass is 334 g/mol. The van der Waals surface area contributed by atoms with Gasteiger partial charge >= 0.3 is 0 Å². The van der Waals surface area contributed by atoms with Crippen molar-refractivity contribution in [3.05, 3.63) is 18.5 Å². The number of amides is 1. The molecule has 1 fully saturated rings. The van der Waals surface area contributed by atoms with E-state index in [1.807, 2.05) is 19.9 Å². The molecule has 2 heterocycles. The molecule has 1 aromatic rings. The Hall–Kier alpha value is -1.69. The highest BCUT2D eigenvalue weighted by atomic mass is 16.5. The fourth-order valence-corrected chi connectivity index (χ4v) is 3.01. The van der Waals surface area contributed by atoms with Crippen molar-refractivity contribution in [1.82, 2.24) is 15.3 Å². The summed E-state index contributed by atoms with van der Waals surface area (Å²) in [4.78, 5) is 23.6. The molecule has 0 aliphatic carbocycles. The van der Waals surface area contributed by atoms with Crippen LogP contribution in [0.3, 0.4) is 0 Å². The molecule has 1 aromatic heterocycles. The van der Waals surface area contributed by atoms with E-state index < -0.39 is 5.41 Å². The second-order valence-electron chi connectivity index (χ2n) is 7.08. The number of carbonyl (C=O) groups is 1. The van der Waals surface area contributed by atoms with Crippen LogP contribution in [0.1, 0.15) is 46.0 Å². The van der Waals surface area contributed by atoms with Crippen molar-refractivity contribution in [2.24, 2.45) is 5.41 Å². The molecule has 0 spiro atoms. The quantitative estimate of drug-likeness (QED) is 0.829. The molecule has 6 nitrogen and oxygen atoms in total. The van der Waals surface area contributed by atoms with Gasteiger partial charge in [-0.15, -0.1) is 0 Å². The summed E-state index contributed by atoms with van der Waals surface area (Å²) < 4.78 is 5.11. The number of hydrogen-bond donors (Lipinski definition) is 1. The van der Waals surface area contributed by atoms with Crippen LogP contribution >= 0.6 is 0 Å². The number of hydrogen-bond acceptors (Lipinski definition) is 5. The Morgan fingerprint density at radius 3 is 2.79 bits per heavy atom. The molecular weight excluding hydrogens is 304 g/mol. The van der Waals surface area contributed by atoms with Gasteiger partial charge in [0.2, 0.25) is 11.9 Å². The first-order chi connectivity index (χ1) is 11.5. The smallest absolute Gasteiger partial charge is 0.225 e. The van der Waals surface area contributed by atoms with Crippen molar-refractivity contribution in [2.75, 3.05) is 31.7 Å². The fourth-order valence-electron chi connectivity index (χ4n) is 3.01. The SMILES string of the molecule is COCCC(C)(C)C(=O)NCC1CCCCCN1c1ncccn1. The number of ether oxygens (including phenoxy) is 1. The van der Waals surface area contributed by atoms with E-state index in [0.29, 0.717) is 19.6 Å². The predicted octanol–water partition coefficient (Wildman–Crippen LogP) is 2.40. The molecule has 24 heavy (non-hydrogen) atoms. The molecule has 2 rings (SSSR count). The van der Waals surface area contributed by atoms with Gasteiger partial charge in [-0.25, -0.2) is 9.97 Å². The number of nitrogens with one attached hydrogen (secondary N) is 1. The topological polar surface area (TPSA) is 67.3 Å². The Morgan fingerprint density at radius 1 is 1.33 bits per heavy atom. The molecule has 0 aromatic carbocycles. The van der Waals surface area contributed by atoms with Gasteiger partial charge in [-0.3, -0.25) is 4.79 Å². The van der Waals surface area contributed by atoms with Crippen molar-refractivity contribution in [1.29, 1.82) is 0 Å². The third-order valence-electron chi connectivity index (χ3n) is 4.73. The van der Waals surface area contributed by atoms with Crippen LogP contribution in [0.2, 0.25) is 0 Å². The summed E-state index contributed by atoms with van der Waals surface area (Å²) in [6, 6.07) is 2.08. The summed E-state index contributed by atoms with van der Waals surface area (Å²) >= 11 is 0. The fraction of sp³-hybridized carbons (Fsp3) is 0.722. The summed E-state index contributed by atoms with van der Waals surface area (Å²) in [6.45, 7) is 6.10. The Bertz CT molecular complexity index is 507. The summed E-state index contributed by atoms with van der Waals surface area (Å²) in [7, 11) is 1.66. The predicted molar refractivity (Wildman–Crippen MR) is 94.9 cm³/mol. The van der Waals surface area contributed by atoms with E-state index in [1.54, 1.807) is 19.5 Å². The molecule has 1 aliphatic heterocycles. The van der Waals surface area contributed by atoms with E-state index >= 15 is 0 Å². The lowest BCUT2D eigenvalue weighted by Crippen LogP contribution is -2.47. The third-order valence-corrected chi connectivity index (χ3v) is 4.73. The summed E-state index contributed by atoms with van der Waals surface area (Å²) in [5.74, 6) is 0.843. The molecule has 134 valence electrons. The largest absolute Gasteiger partial charge is 0.385 e. The number of anilines is 1. The first kappa shape index (κ1) is 18.6. The minimum absolute atomic E-state index is 0.0812. The summed E-state index contributed by atoms with van der Waals surface area (Å²) in [6.07, 6.45) is 8.85. The van der Waals surface area contributed by atoms with Gasteiger partial charge in [0.1, 0.15) is 0 Å². The van der Waals surface area contributed by atoms with Crippen LogP contribution in [0, 0.1) is 5.41 Å². The number of nitrogens with zero attached hydrogens (tertiary/aromatic N) is 3. The molecule has 1 amide bonds. The Labute approximate surface area is 145 Å². The minimum Gasteiger partial charge on any atom is -0.385 e. The van der Waals surface area contributed by atoms with E-state index in [4.69, 9.17) is 4.74 Å². The zero-order valence-electron chi connectivity index (χ0n) is 15.1. The normalized spacial score (nSPS) is 19.0. The molecule has 1 N–H and O–H groups in total. The average molecular weight is 334 g/mol. The molecule has 0 radical (unpaired) electrons. The van der Waals surface area contributed by atoms with Gasteiger partial charge in [0.15, 0.2) is 0 Å². The van der Waals surface area contributed by atoms with Crippen LogP contribution in [0.4, 0.5) is 5.95 Å². The van der Waals surface area contributed by atoms with E-state index in [-0.39, 0.29) is 11.9 Å². The maximum Gasteiger partial charge on any atom is 0.225 e. The molecule has 1 aliphatic rings. The van der Waals surface area contributed by atoms with Gasteiger partial charge in [-0.05, 0) is 25.3 Å². The van der Waals surface area contributed by atoms with Gasteiger partial charge in [0.05, 0.1) is 0 Å². The van der Waals surface area contributed by atoms with E-state index in [1.165, 1.54) is 12.8 Å². The van der Waals surface area contributed by atoms with Crippen molar-refractivity contribution in [3.63, 3.8) is 0 Å². The molecule has 0 bridgehead atoms. The first-order valence-corrected chi connectivity index (χ1v) is 8.85. The summed E-state index contributed by atoms with van der Waals surface area (Å²) in [5.41, 5.74) is -0.422. The second-order valence-corrected chi connectivity index (χ2v) is 7.08. The van der Waals surface area contributed by atoms with Gasteiger partial charge in [-0.2, -0.15) is 0 Å². The number of aromatic nitrogens is 2. The Morgan fingerprint density at radius 2 is 2.08 bits per heavy atom. The van der Waals surface area contributed by atoms with Crippen LogP contribution in [0.15, 0.2) is 18.5 Å². The molecule has 0 saturated carbocycles. The highest BCUT2D eigenvalue weighted by molar-refractivity contribution is 5.81. The maximum atomic E-state index is 12.5. The third kappa shape index (κ3) is 5.16. The standard InChI is InChI=1S/C18H30N4O2/c1-18(2,9-13-24-3)16(23)21-14-15-8-5-4-6-12-22(15)17-19-10-7-11-20-17/h7,10-11,15H,4-6,8-9,12-14H2,1-3H3,(H,21,23). The van der Waals surface area contributed by atoms with Crippen LogP contribution in [-0.2, 0) is 9.53 Å². The van der Waals surface area contributed by atoms with Crippen LogP contribution in [0.5, 0.6) is 0 Å². The van der Waals surface area contributed by atoms with Crippen LogP contribution < -0.4 is 10.2 Å². The van der Waals surface area contributed by atoms with Crippen molar-refractivity contribution < 1.29 is 9.53 Å². The van der Waals surface area contributed by atoms with Gasteiger partial charge in [0, 0.05) is 50.7 Å². The first-order valence-electron chi connectivity index (χ1n) is 8.85. The van der Waals surface area contributed by atoms with Gasteiger partial charge < -0.3 is 15.0 Å². The van der Waals surface area contributed by atoms with E-state index in [9.17, 15) is 4.79 Å². The Kier molecular flexibility index (Phi) is 6.97. The van der Waals surface area contributed by atoms with Crippen molar-refractivity contribution >= 4 is 11.9 Å². The zero-order valence-corrected chi connectivity index (χ0v) is 15.1. The minimum atomic E-state index is -0.422. The molecular formula is C18H30N4O2. The average Bonchev–Trinajstić information content (AvgIpc) is 2.84. The van der Waals surface area contributed by atoms with E-state index in [2.05, 4.69) is 20.2 Å². The van der Waals surface area contributed by atoms with Crippen LogP contribution in [0.25, 0.3) is 0 Å². The van der Waals surface area contributed by atoms with E-state index in [0.717, 1.165) is 25.3 Å². The maximum absolute atomic E-state index is 12.5. The van der Waals surface area contributed by atoms with Gasteiger partial charge in [-0.1, -0.05) is 26.7 Å². The highest BCUT2D eigenvalue weighted by Gasteiger charge is 2.29. The van der Waals surface area contributed by atoms with Crippen LogP contribution in [-0.4, -0.2) is 48.7 Å². The second kappa shape index (κ2) is 8.97. The molecule has 1 atom stereocenters.